The van der Waals surface area contributed by atoms with Crippen LogP contribution in [0.2, 0.25) is 0 Å². The largest absolute Gasteiger partial charge is 0.198 e. The molecule has 0 saturated carbocycles. The summed E-state index contributed by atoms with van der Waals surface area (Å²) in [6.07, 6.45) is 0.455. The molecule has 0 saturated heterocycles. The molecule has 4 heteroatoms. The summed E-state index contributed by atoms with van der Waals surface area (Å²) < 4.78 is 3.34. The summed E-state index contributed by atoms with van der Waals surface area (Å²) in [6.45, 7) is 0. The third kappa shape index (κ3) is 1.60. The van der Waals surface area contributed by atoms with Crippen LogP contribution in [0, 0.1) is 11.3 Å². The van der Waals surface area contributed by atoms with Gasteiger partial charge >= 0.3 is 0 Å². The normalized spacial score (nSPS) is 10.4. The van der Waals surface area contributed by atoms with Crippen LogP contribution in [0.1, 0.15) is 5.56 Å². The molecule has 2 aromatic rings. The number of thiophene rings is 1. The maximum atomic E-state index is 8.71. The third-order valence-electron chi connectivity index (χ3n) is 1.98. The maximum absolute atomic E-state index is 8.71. The Kier molecular flexibility index (Phi) is 2.91. The van der Waals surface area contributed by atoms with Gasteiger partial charge in [0.15, 0.2) is 0 Å². The second kappa shape index (κ2) is 4.01. The van der Waals surface area contributed by atoms with Gasteiger partial charge in [-0.15, -0.1) is 11.3 Å². The summed E-state index contributed by atoms with van der Waals surface area (Å²) >= 11 is 8.66. The van der Waals surface area contributed by atoms with Crippen LogP contribution in [0.3, 0.4) is 0 Å². The van der Waals surface area contributed by atoms with Crippen molar-refractivity contribution < 1.29 is 0 Å². The highest BCUT2D eigenvalue weighted by Crippen LogP contribution is 2.39. The summed E-state index contributed by atoms with van der Waals surface area (Å²) in [7, 11) is 0. The predicted molar refractivity (Wildman–Crippen MR) is 66.5 cm³/mol. The molecular weight excluding hydrogens is 326 g/mol. The van der Waals surface area contributed by atoms with Gasteiger partial charge in [0.05, 0.1) is 16.3 Å². The minimum absolute atomic E-state index is 0.455. The molecule has 0 spiro atoms. The van der Waals surface area contributed by atoms with E-state index in [0.29, 0.717) is 6.42 Å². The van der Waals surface area contributed by atoms with Crippen LogP contribution in [-0.4, -0.2) is 0 Å². The van der Waals surface area contributed by atoms with Crippen LogP contribution in [0.15, 0.2) is 26.5 Å². The quantitative estimate of drug-likeness (QED) is 0.755. The fraction of sp³-hybridized carbons (Fsp3) is 0.100. The molecule has 70 valence electrons. The molecule has 0 aliphatic heterocycles. The van der Waals surface area contributed by atoms with E-state index >= 15 is 0 Å². The van der Waals surface area contributed by atoms with E-state index in [0.717, 1.165) is 19.2 Å². The standard InChI is InChI=1S/C10H5Br2NS/c11-8-3-1-2-6-7(4-5-13)10(12)14-9(6)8/h1-3H,4H2. The minimum atomic E-state index is 0.455. The van der Waals surface area contributed by atoms with Crippen molar-refractivity contribution in [2.45, 2.75) is 6.42 Å². The first kappa shape index (κ1) is 10.2. The van der Waals surface area contributed by atoms with Crippen molar-refractivity contribution >= 4 is 53.3 Å². The topological polar surface area (TPSA) is 23.8 Å². The molecule has 0 aliphatic carbocycles. The summed E-state index contributed by atoms with van der Waals surface area (Å²) in [5, 5.41) is 9.88. The van der Waals surface area contributed by atoms with E-state index in [-0.39, 0.29) is 0 Å². The van der Waals surface area contributed by atoms with Gasteiger partial charge in [-0.25, -0.2) is 0 Å². The number of hydrogen-bond acceptors (Lipinski definition) is 2. The van der Waals surface area contributed by atoms with Gasteiger partial charge in [-0.2, -0.15) is 5.26 Å². The zero-order valence-corrected chi connectivity index (χ0v) is 11.0. The number of nitrogens with zero attached hydrogens (tertiary/aromatic N) is 1. The van der Waals surface area contributed by atoms with Crippen molar-refractivity contribution in [2.75, 3.05) is 0 Å². The lowest BCUT2D eigenvalue weighted by atomic mass is 10.1. The Morgan fingerprint density at radius 3 is 2.86 bits per heavy atom. The first-order valence-corrected chi connectivity index (χ1v) is 6.36. The molecule has 1 heterocycles. The summed E-state index contributed by atoms with van der Waals surface area (Å²) in [6, 6.07) is 8.24. The smallest absolute Gasteiger partial charge is 0.0753 e. The van der Waals surface area contributed by atoms with Gasteiger partial charge in [0.25, 0.3) is 0 Å². The first-order chi connectivity index (χ1) is 6.74. The maximum Gasteiger partial charge on any atom is 0.0753 e. The summed E-state index contributed by atoms with van der Waals surface area (Å²) in [4.78, 5) is 0. The Morgan fingerprint density at radius 2 is 2.14 bits per heavy atom. The van der Waals surface area contributed by atoms with Gasteiger partial charge < -0.3 is 0 Å². The molecule has 0 aliphatic rings. The van der Waals surface area contributed by atoms with Gasteiger partial charge in [-0.1, -0.05) is 12.1 Å². The fourth-order valence-electron chi connectivity index (χ4n) is 1.35. The number of benzene rings is 1. The lowest BCUT2D eigenvalue weighted by Crippen LogP contribution is -1.78. The van der Waals surface area contributed by atoms with Crippen molar-refractivity contribution in [3.63, 3.8) is 0 Å². The van der Waals surface area contributed by atoms with Crippen LogP contribution >= 0.6 is 43.2 Å². The SMILES string of the molecule is N#CCc1c(Br)sc2c(Br)cccc12. The van der Waals surface area contributed by atoms with E-state index in [1.807, 2.05) is 18.2 Å². The highest BCUT2D eigenvalue weighted by molar-refractivity contribution is 9.11. The molecule has 0 atom stereocenters. The van der Waals surface area contributed by atoms with Crippen molar-refractivity contribution in [2.24, 2.45) is 0 Å². The van der Waals surface area contributed by atoms with Crippen LogP contribution < -0.4 is 0 Å². The molecule has 14 heavy (non-hydrogen) atoms. The van der Waals surface area contributed by atoms with E-state index in [2.05, 4.69) is 37.9 Å². The van der Waals surface area contributed by atoms with E-state index in [1.54, 1.807) is 11.3 Å². The molecule has 0 fully saturated rings. The number of hydrogen-bond donors (Lipinski definition) is 0. The number of rotatable bonds is 1. The summed E-state index contributed by atoms with van der Waals surface area (Å²) in [5.74, 6) is 0. The fourth-order valence-corrected chi connectivity index (χ4v) is 3.75. The van der Waals surface area contributed by atoms with Crippen LogP contribution in [0.25, 0.3) is 10.1 Å². The monoisotopic (exact) mass is 329 g/mol. The summed E-state index contributed by atoms with van der Waals surface area (Å²) in [5.41, 5.74) is 1.09. The van der Waals surface area contributed by atoms with E-state index < -0.39 is 0 Å². The minimum Gasteiger partial charge on any atom is -0.198 e. The Balaban J connectivity index is 2.78. The molecule has 0 N–H and O–H groups in total. The molecule has 1 aromatic carbocycles. The van der Waals surface area contributed by atoms with Crippen molar-refractivity contribution in [1.82, 2.24) is 0 Å². The third-order valence-corrected chi connectivity index (χ3v) is 4.93. The molecule has 0 unspecified atom stereocenters. The van der Waals surface area contributed by atoms with Crippen molar-refractivity contribution in [3.05, 3.63) is 32.0 Å². The van der Waals surface area contributed by atoms with E-state index in [1.165, 1.54) is 4.70 Å². The van der Waals surface area contributed by atoms with Crippen LogP contribution in [0.4, 0.5) is 0 Å². The number of halogens is 2. The number of fused-ring (bicyclic) bond motifs is 1. The zero-order chi connectivity index (χ0) is 10.1. The van der Waals surface area contributed by atoms with Gasteiger partial charge in [-0.05, 0) is 48.9 Å². The molecule has 1 aromatic heterocycles. The lowest BCUT2D eigenvalue weighted by Gasteiger charge is -1.94. The molecule has 0 radical (unpaired) electrons. The molecule has 0 bridgehead atoms. The van der Waals surface area contributed by atoms with Crippen molar-refractivity contribution in [1.29, 1.82) is 5.26 Å². The second-order valence-corrected chi connectivity index (χ2v) is 6.00. The van der Waals surface area contributed by atoms with Gasteiger partial charge in [0.1, 0.15) is 0 Å². The molecular formula is C10H5Br2NS. The highest BCUT2D eigenvalue weighted by Gasteiger charge is 2.11. The first-order valence-electron chi connectivity index (χ1n) is 3.96. The predicted octanol–water partition coefficient (Wildman–Crippen LogP) is 4.49. The Labute approximate surface area is 103 Å². The van der Waals surface area contributed by atoms with Crippen LogP contribution in [-0.2, 0) is 6.42 Å². The Hall–Kier alpha value is -0.370. The highest BCUT2D eigenvalue weighted by atomic mass is 79.9. The van der Waals surface area contributed by atoms with Gasteiger partial charge in [0.2, 0.25) is 0 Å². The van der Waals surface area contributed by atoms with Gasteiger partial charge in [0, 0.05) is 9.17 Å². The number of nitriles is 1. The second-order valence-electron chi connectivity index (χ2n) is 2.81. The van der Waals surface area contributed by atoms with E-state index in [9.17, 15) is 0 Å². The molecule has 1 nitrogen and oxygen atoms in total. The average Bonchev–Trinajstić information content (AvgIpc) is 2.47. The van der Waals surface area contributed by atoms with Crippen molar-refractivity contribution in [3.8, 4) is 6.07 Å². The zero-order valence-electron chi connectivity index (χ0n) is 7.05. The van der Waals surface area contributed by atoms with E-state index in [4.69, 9.17) is 5.26 Å². The Morgan fingerprint density at radius 1 is 1.36 bits per heavy atom. The van der Waals surface area contributed by atoms with Crippen LogP contribution in [0.5, 0.6) is 0 Å². The average molecular weight is 331 g/mol. The molecule has 2 rings (SSSR count). The van der Waals surface area contributed by atoms with Gasteiger partial charge in [-0.3, -0.25) is 0 Å². The lowest BCUT2D eigenvalue weighted by molar-refractivity contribution is 1.29. The Bertz CT molecular complexity index is 525. The molecule has 0 amide bonds.